The average Bonchev–Trinajstić information content (AvgIpc) is 3.00. The van der Waals surface area contributed by atoms with Crippen LogP contribution in [0.1, 0.15) is 29.3 Å². The Kier molecular flexibility index (Phi) is 9.88. The fraction of sp³-hybridized carbons (Fsp3) is 0.156. The summed E-state index contributed by atoms with van der Waals surface area (Å²) in [7, 11) is 1.47. The zero-order valence-corrected chi connectivity index (χ0v) is 22.3. The van der Waals surface area contributed by atoms with Crippen LogP contribution in [0.4, 0.5) is 0 Å². The van der Waals surface area contributed by atoms with E-state index in [4.69, 9.17) is 18.9 Å². The first-order chi connectivity index (χ1) is 19.6. The third-order valence-electron chi connectivity index (χ3n) is 5.69. The van der Waals surface area contributed by atoms with E-state index in [9.17, 15) is 9.59 Å². The highest BCUT2D eigenvalue weighted by Crippen LogP contribution is 2.28. The molecule has 4 aromatic carbocycles. The maximum atomic E-state index is 12.6. The van der Waals surface area contributed by atoms with E-state index in [1.807, 2.05) is 61.5 Å². The minimum absolute atomic E-state index is 0.189. The fourth-order valence-corrected chi connectivity index (χ4v) is 3.65. The van der Waals surface area contributed by atoms with Crippen molar-refractivity contribution >= 4 is 18.1 Å². The van der Waals surface area contributed by atoms with E-state index in [1.165, 1.54) is 13.3 Å². The number of carbonyl (C=O) groups excluding carboxylic acids is 2. The highest BCUT2D eigenvalue weighted by atomic mass is 16.6. The van der Waals surface area contributed by atoms with Gasteiger partial charge in [0.2, 0.25) is 0 Å². The third kappa shape index (κ3) is 7.94. The molecule has 0 spiro atoms. The molecule has 0 fully saturated rings. The van der Waals surface area contributed by atoms with Gasteiger partial charge in [0.05, 0.1) is 25.5 Å². The van der Waals surface area contributed by atoms with E-state index in [1.54, 1.807) is 42.5 Å². The van der Waals surface area contributed by atoms with Crippen LogP contribution in [-0.4, -0.2) is 38.4 Å². The van der Waals surface area contributed by atoms with Crippen molar-refractivity contribution < 1.29 is 28.5 Å². The van der Waals surface area contributed by atoms with E-state index in [0.717, 1.165) is 17.5 Å². The zero-order chi connectivity index (χ0) is 28.2. The molecule has 0 saturated heterocycles. The first-order valence-corrected chi connectivity index (χ1v) is 12.8. The van der Waals surface area contributed by atoms with Gasteiger partial charge < -0.3 is 18.9 Å². The first-order valence-electron chi connectivity index (χ1n) is 12.8. The molecule has 0 aliphatic rings. The largest absolute Gasteiger partial charge is 0.494 e. The summed E-state index contributed by atoms with van der Waals surface area (Å²) >= 11 is 0. The number of rotatable bonds is 12. The summed E-state index contributed by atoms with van der Waals surface area (Å²) < 4.78 is 22.0. The van der Waals surface area contributed by atoms with Crippen molar-refractivity contribution in [1.82, 2.24) is 5.43 Å². The van der Waals surface area contributed by atoms with Crippen LogP contribution in [0.5, 0.6) is 23.0 Å². The normalized spacial score (nSPS) is 10.7. The minimum atomic E-state index is -0.524. The smallest absolute Gasteiger partial charge is 0.343 e. The van der Waals surface area contributed by atoms with Crippen molar-refractivity contribution in [3.63, 3.8) is 0 Å². The second kappa shape index (κ2) is 14.2. The molecule has 0 aliphatic heterocycles. The lowest BCUT2D eigenvalue weighted by atomic mass is 10.1. The van der Waals surface area contributed by atoms with Gasteiger partial charge in [0.25, 0.3) is 5.91 Å². The van der Waals surface area contributed by atoms with Gasteiger partial charge in [-0.15, -0.1) is 0 Å². The fourth-order valence-electron chi connectivity index (χ4n) is 3.65. The van der Waals surface area contributed by atoms with E-state index < -0.39 is 11.9 Å². The van der Waals surface area contributed by atoms with Crippen LogP contribution in [0.2, 0.25) is 0 Å². The standard InChI is InChI=1S/C32H30N2O6/c1-3-19-38-27-16-12-26(13-17-27)32(36)40-29-18-9-23(20-30(29)37-2)21-33-34-31(35)22-39-28-14-10-25(11-15-28)24-7-5-4-6-8-24/h4-18,20-21H,3,19,22H2,1-2H3,(H,34,35)/b33-21-. The number of hydrazone groups is 1. The van der Waals surface area contributed by atoms with E-state index in [0.29, 0.717) is 35.0 Å². The van der Waals surface area contributed by atoms with Gasteiger partial charge in [-0.3, -0.25) is 4.79 Å². The van der Waals surface area contributed by atoms with Gasteiger partial charge >= 0.3 is 5.97 Å². The van der Waals surface area contributed by atoms with E-state index in [-0.39, 0.29) is 12.4 Å². The van der Waals surface area contributed by atoms with Crippen LogP contribution in [0.25, 0.3) is 11.1 Å². The molecule has 8 heteroatoms. The number of nitrogens with zero attached hydrogens (tertiary/aromatic N) is 1. The lowest BCUT2D eigenvalue weighted by molar-refractivity contribution is -0.123. The van der Waals surface area contributed by atoms with Gasteiger partial charge in [-0.1, -0.05) is 49.4 Å². The summed E-state index contributed by atoms with van der Waals surface area (Å²) in [5.74, 6) is 0.932. The highest BCUT2D eigenvalue weighted by Gasteiger charge is 2.13. The molecule has 1 N–H and O–H groups in total. The molecule has 0 bridgehead atoms. The highest BCUT2D eigenvalue weighted by molar-refractivity contribution is 5.92. The molecule has 0 heterocycles. The van der Waals surface area contributed by atoms with E-state index in [2.05, 4.69) is 10.5 Å². The minimum Gasteiger partial charge on any atom is -0.494 e. The molecule has 0 aliphatic carbocycles. The van der Waals surface area contributed by atoms with Crippen LogP contribution in [0, 0.1) is 0 Å². The summed E-state index contributed by atoms with van der Waals surface area (Å²) in [4.78, 5) is 24.7. The van der Waals surface area contributed by atoms with Crippen molar-refractivity contribution in [2.75, 3.05) is 20.3 Å². The van der Waals surface area contributed by atoms with Gasteiger partial charge in [0.1, 0.15) is 11.5 Å². The molecule has 1 amide bonds. The van der Waals surface area contributed by atoms with Gasteiger partial charge in [-0.05, 0) is 77.7 Å². The Labute approximate surface area is 233 Å². The second-order valence-corrected chi connectivity index (χ2v) is 8.64. The summed E-state index contributed by atoms with van der Waals surface area (Å²) in [5, 5.41) is 3.97. The summed E-state index contributed by atoms with van der Waals surface area (Å²) in [6.45, 7) is 2.44. The summed E-state index contributed by atoms with van der Waals surface area (Å²) in [6.07, 6.45) is 2.35. The Morgan fingerprint density at radius 3 is 2.17 bits per heavy atom. The predicted molar refractivity (Wildman–Crippen MR) is 153 cm³/mol. The number of carbonyl (C=O) groups is 2. The molecule has 40 heavy (non-hydrogen) atoms. The monoisotopic (exact) mass is 538 g/mol. The van der Waals surface area contributed by atoms with Crippen LogP contribution < -0.4 is 24.4 Å². The lowest BCUT2D eigenvalue weighted by Gasteiger charge is -2.10. The average molecular weight is 539 g/mol. The lowest BCUT2D eigenvalue weighted by Crippen LogP contribution is -2.24. The number of nitrogens with one attached hydrogen (secondary N) is 1. The SMILES string of the molecule is CCCOc1ccc(C(=O)Oc2ccc(/C=N\NC(=O)COc3ccc(-c4ccccc4)cc3)cc2OC)cc1. The Hall–Kier alpha value is -5.11. The number of hydrogen-bond acceptors (Lipinski definition) is 7. The predicted octanol–water partition coefficient (Wildman–Crippen LogP) is 5.90. The first kappa shape index (κ1) is 27.9. The molecule has 0 unspecified atom stereocenters. The summed E-state index contributed by atoms with van der Waals surface area (Å²) in [6, 6.07) is 29.2. The van der Waals surface area contributed by atoms with E-state index >= 15 is 0 Å². The van der Waals surface area contributed by atoms with Crippen LogP contribution in [-0.2, 0) is 4.79 Å². The maximum absolute atomic E-state index is 12.6. The molecule has 4 rings (SSSR count). The van der Waals surface area contributed by atoms with Crippen LogP contribution >= 0.6 is 0 Å². The number of benzene rings is 4. The molecule has 0 aromatic heterocycles. The van der Waals surface area contributed by atoms with Crippen molar-refractivity contribution in [3.8, 4) is 34.1 Å². The molecule has 4 aromatic rings. The number of esters is 1. The Bertz CT molecular complexity index is 1430. The van der Waals surface area contributed by atoms with Crippen LogP contribution in [0.3, 0.4) is 0 Å². The van der Waals surface area contributed by atoms with Crippen molar-refractivity contribution in [1.29, 1.82) is 0 Å². The second-order valence-electron chi connectivity index (χ2n) is 8.64. The van der Waals surface area contributed by atoms with Crippen molar-refractivity contribution in [3.05, 3.63) is 108 Å². The molecule has 0 atom stereocenters. The third-order valence-corrected chi connectivity index (χ3v) is 5.69. The van der Waals surface area contributed by atoms with Gasteiger partial charge in [0, 0.05) is 0 Å². The number of methoxy groups -OCH3 is 1. The van der Waals surface area contributed by atoms with Gasteiger partial charge in [-0.25, -0.2) is 10.2 Å². The van der Waals surface area contributed by atoms with Gasteiger partial charge in [0.15, 0.2) is 18.1 Å². The molecule has 0 saturated carbocycles. The molecule has 0 radical (unpaired) electrons. The maximum Gasteiger partial charge on any atom is 0.343 e. The number of hydrogen-bond donors (Lipinski definition) is 1. The zero-order valence-electron chi connectivity index (χ0n) is 22.3. The Balaban J connectivity index is 1.27. The Morgan fingerprint density at radius 2 is 1.48 bits per heavy atom. The van der Waals surface area contributed by atoms with Gasteiger partial charge in [-0.2, -0.15) is 5.10 Å². The number of ether oxygens (including phenoxy) is 4. The molecule has 204 valence electrons. The quantitative estimate of drug-likeness (QED) is 0.104. The van der Waals surface area contributed by atoms with Crippen molar-refractivity contribution in [2.45, 2.75) is 13.3 Å². The molecular formula is C32H30N2O6. The topological polar surface area (TPSA) is 95.5 Å². The summed E-state index contributed by atoms with van der Waals surface area (Å²) in [5.41, 5.74) is 5.61. The van der Waals surface area contributed by atoms with Crippen molar-refractivity contribution in [2.24, 2.45) is 5.10 Å². The molecule has 8 nitrogen and oxygen atoms in total. The molecular weight excluding hydrogens is 508 g/mol. The number of amides is 1. The van der Waals surface area contributed by atoms with Crippen LogP contribution in [0.15, 0.2) is 102 Å². The Morgan fingerprint density at radius 1 is 0.800 bits per heavy atom.